The highest BCUT2D eigenvalue weighted by molar-refractivity contribution is 7.89. The third-order valence-corrected chi connectivity index (χ3v) is 7.00. The highest BCUT2D eigenvalue weighted by Gasteiger charge is 2.39. The quantitative estimate of drug-likeness (QED) is 0.636. The summed E-state index contributed by atoms with van der Waals surface area (Å²) in [5, 5.41) is 10.5. The minimum Gasteiger partial charge on any atom is -0.334 e. The molecule has 0 spiro atoms. The fraction of sp³-hybridized carbons (Fsp3) is 0.350. The molecular formula is C20H18F3N5O2S. The normalized spacial score (nSPS) is 16.1. The van der Waals surface area contributed by atoms with Crippen molar-refractivity contribution >= 4 is 20.9 Å². The van der Waals surface area contributed by atoms with Crippen LogP contribution in [0.5, 0.6) is 0 Å². The smallest absolute Gasteiger partial charge is 0.334 e. The summed E-state index contributed by atoms with van der Waals surface area (Å²) >= 11 is 0. The summed E-state index contributed by atoms with van der Waals surface area (Å²) in [4.78, 5) is 7.97. The van der Waals surface area contributed by atoms with Crippen molar-refractivity contribution in [1.82, 2.24) is 19.3 Å². The zero-order chi connectivity index (χ0) is 22.4. The molecule has 1 fully saturated rings. The van der Waals surface area contributed by atoms with Gasteiger partial charge in [0.2, 0.25) is 10.0 Å². The van der Waals surface area contributed by atoms with Gasteiger partial charge in [-0.15, -0.1) is 0 Å². The molecule has 1 saturated carbocycles. The summed E-state index contributed by atoms with van der Waals surface area (Å²) in [6.45, 7) is 0.726. The second kappa shape index (κ2) is 7.62. The lowest BCUT2D eigenvalue weighted by Crippen LogP contribution is -2.42. The van der Waals surface area contributed by atoms with Gasteiger partial charge in [-0.25, -0.2) is 8.42 Å². The van der Waals surface area contributed by atoms with Crippen LogP contribution in [0.15, 0.2) is 41.7 Å². The Labute approximate surface area is 176 Å². The Kier molecular flexibility index (Phi) is 5.23. The first kappa shape index (κ1) is 21.3. The number of fused-ring (bicyclic) bond motifs is 1. The summed E-state index contributed by atoms with van der Waals surface area (Å²) in [7, 11) is -4.42. The van der Waals surface area contributed by atoms with Crippen LogP contribution in [0, 0.1) is 11.3 Å². The van der Waals surface area contributed by atoms with Crippen molar-refractivity contribution in [2.24, 2.45) is 0 Å². The Morgan fingerprint density at radius 3 is 2.55 bits per heavy atom. The van der Waals surface area contributed by atoms with Crippen LogP contribution in [0.2, 0.25) is 0 Å². The number of nitriles is 1. The maximum atomic E-state index is 12.7. The van der Waals surface area contributed by atoms with Gasteiger partial charge in [0.05, 0.1) is 28.7 Å². The van der Waals surface area contributed by atoms with E-state index in [1.54, 1.807) is 23.2 Å². The van der Waals surface area contributed by atoms with Crippen molar-refractivity contribution < 1.29 is 21.6 Å². The Bertz CT molecular complexity index is 1270. The van der Waals surface area contributed by atoms with E-state index in [1.165, 1.54) is 12.1 Å². The highest BCUT2D eigenvalue weighted by atomic mass is 32.2. The van der Waals surface area contributed by atoms with E-state index in [9.17, 15) is 26.9 Å². The van der Waals surface area contributed by atoms with Gasteiger partial charge in [-0.05, 0) is 44.4 Å². The minimum absolute atomic E-state index is 0.170. The van der Waals surface area contributed by atoms with E-state index in [1.807, 2.05) is 4.57 Å². The van der Waals surface area contributed by atoms with Crippen LogP contribution >= 0.6 is 0 Å². The van der Waals surface area contributed by atoms with Crippen LogP contribution in [0.4, 0.5) is 13.2 Å². The Morgan fingerprint density at radius 1 is 1.26 bits per heavy atom. The van der Waals surface area contributed by atoms with Gasteiger partial charge in [-0.2, -0.15) is 23.2 Å². The predicted octanol–water partition coefficient (Wildman–Crippen LogP) is 3.92. The molecule has 3 aromatic heterocycles. The topological polar surface area (TPSA) is 101 Å². The van der Waals surface area contributed by atoms with Gasteiger partial charge in [0, 0.05) is 23.8 Å². The van der Waals surface area contributed by atoms with Gasteiger partial charge in [-0.3, -0.25) is 9.97 Å². The maximum Gasteiger partial charge on any atom is 0.404 e. The van der Waals surface area contributed by atoms with Crippen molar-refractivity contribution in [3.05, 3.63) is 42.4 Å². The van der Waals surface area contributed by atoms with Crippen molar-refractivity contribution in [2.45, 2.75) is 49.3 Å². The fourth-order valence-corrected chi connectivity index (χ4v) is 4.77. The highest BCUT2D eigenvalue weighted by Crippen LogP contribution is 2.41. The lowest BCUT2D eigenvalue weighted by atomic mass is 9.92. The molecule has 0 amide bonds. The van der Waals surface area contributed by atoms with Crippen molar-refractivity contribution in [3.8, 4) is 17.5 Å². The van der Waals surface area contributed by atoms with Gasteiger partial charge < -0.3 is 4.57 Å². The van der Waals surface area contributed by atoms with Crippen LogP contribution in [0.3, 0.4) is 0 Å². The molecule has 1 aliphatic rings. The van der Waals surface area contributed by atoms with E-state index >= 15 is 0 Å². The predicted molar refractivity (Wildman–Crippen MR) is 106 cm³/mol. The second-order valence-corrected chi connectivity index (χ2v) is 9.16. The molecule has 0 unspecified atom stereocenters. The molecule has 4 rings (SSSR count). The third-order valence-electron chi connectivity index (χ3n) is 5.47. The molecule has 1 N–H and O–H groups in total. The number of aromatic nitrogens is 3. The second-order valence-electron chi connectivity index (χ2n) is 7.45. The zero-order valence-corrected chi connectivity index (χ0v) is 17.2. The number of nitrogens with one attached hydrogen (secondary N) is 1. The van der Waals surface area contributed by atoms with Gasteiger partial charge in [0.1, 0.15) is 17.0 Å². The summed E-state index contributed by atoms with van der Waals surface area (Å²) in [6.07, 6.45) is 2.49. The number of alkyl halides is 3. The molecule has 3 aromatic rings. The Hall–Kier alpha value is -2.97. The monoisotopic (exact) mass is 449 g/mol. The number of hydrogen-bond donors (Lipinski definition) is 1. The molecule has 162 valence electrons. The number of rotatable bonds is 5. The molecule has 0 radical (unpaired) electrons. The molecule has 0 saturated heterocycles. The molecule has 0 aromatic carbocycles. The Morgan fingerprint density at radius 2 is 2.00 bits per heavy atom. The summed E-state index contributed by atoms with van der Waals surface area (Å²) < 4.78 is 66.5. The number of halogens is 3. The van der Waals surface area contributed by atoms with E-state index in [0.29, 0.717) is 17.0 Å². The molecule has 0 bridgehead atoms. The molecular weight excluding hydrogens is 431 g/mol. The average molecular weight is 449 g/mol. The van der Waals surface area contributed by atoms with Gasteiger partial charge in [0.15, 0.2) is 0 Å². The maximum absolute atomic E-state index is 12.7. The van der Waals surface area contributed by atoms with Crippen LogP contribution < -0.4 is 4.72 Å². The van der Waals surface area contributed by atoms with Crippen LogP contribution in [0.1, 0.15) is 37.8 Å². The molecule has 11 heteroatoms. The lowest BCUT2D eigenvalue weighted by molar-refractivity contribution is -0.147. The number of sulfonamides is 1. The SMILES string of the molecule is C[C@H](NS(=O)(=O)c1ccc(-c2c(C#N)c3ccncc3n2C2CCC2)nc1)C(F)(F)F. The van der Waals surface area contributed by atoms with Crippen molar-refractivity contribution in [3.63, 3.8) is 0 Å². The first-order valence-corrected chi connectivity index (χ1v) is 11.1. The minimum atomic E-state index is -4.71. The lowest BCUT2D eigenvalue weighted by Gasteiger charge is -2.29. The van der Waals surface area contributed by atoms with E-state index in [4.69, 9.17) is 0 Å². The third kappa shape index (κ3) is 3.77. The summed E-state index contributed by atoms with van der Waals surface area (Å²) in [6, 6.07) is 4.48. The zero-order valence-electron chi connectivity index (χ0n) is 16.4. The standard InChI is InChI=1S/C20H18F3N5O2S/c1-12(20(21,22)23)27-31(29,30)14-5-6-17(26-10-14)19-16(9-24)15-7-8-25-11-18(15)28(19)13-3-2-4-13/h5-8,10-13,27H,2-4H2,1H3/t12-/m0/s1. The largest absolute Gasteiger partial charge is 0.404 e. The van der Waals surface area contributed by atoms with E-state index in [-0.39, 0.29) is 10.9 Å². The molecule has 3 heterocycles. The van der Waals surface area contributed by atoms with Gasteiger partial charge in [0.25, 0.3) is 0 Å². The van der Waals surface area contributed by atoms with E-state index < -0.39 is 22.2 Å². The summed E-state index contributed by atoms with van der Waals surface area (Å²) in [5.41, 5.74) is 2.10. The first-order valence-electron chi connectivity index (χ1n) is 9.57. The van der Waals surface area contributed by atoms with Crippen LogP contribution in [0.25, 0.3) is 22.3 Å². The number of pyridine rings is 2. The van der Waals surface area contributed by atoms with Crippen molar-refractivity contribution in [2.75, 3.05) is 0 Å². The Balaban J connectivity index is 1.78. The fourth-order valence-electron chi connectivity index (χ4n) is 3.59. The molecule has 0 aliphatic heterocycles. The molecule has 7 nitrogen and oxygen atoms in total. The number of hydrogen-bond acceptors (Lipinski definition) is 5. The van der Waals surface area contributed by atoms with E-state index in [0.717, 1.165) is 43.3 Å². The van der Waals surface area contributed by atoms with Crippen LogP contribution in [-0.2, 0) is 10.0 Å². The van der Waals surface area contributed by atoms with Crippen LogP contribution in [-0.4, -0.2) is 35.2 Å². The first-order chi connectivity index (χ1) is 14.6. The van der Waals surface area contributed by atoms with E-state index in [2.05, 4.69) is 16.0 Å². The summed E-state index contributed by atoms with van der Waals surface area (Å²) in [5.74, 6) is 0. The van der Waals surface area contributed by atoms with Crippen molar-refractivity contribution in [1.29, 1.82) is 5.26 Å². The average Bonchev–Trinajstić information content (AvgIpc) is 3.00. The number of nitrogens with zero attached hydrogens (tertiary/aromatic N) is 4. The molecule has 31 heavy (non-hydrogen) atoms. The molecule has 1 atom stereocenters. The molecule has 1 aliphatic carbocycles. The van der Waals surface area contributed by atoms with Gasteiger partial charge in [-0.1, -0.05) is 0 Å². The van der Waals surface area contributed by atoms with Gasteiger partial charge >= 0.3 is 6.18 Å².